The van der Waals surface area contributed by atoms with Crippen molar-refractivity contribution in [1.29, 1.82) is 0 Å². The van der Waals surface area contributed by atoms with Crippen LogP contribution in [0.5, 0.6) is 0 Å². The first-order valence-electron chi connectivity index (χ1n) is 9.55. The third-order valence-electron chi connectivity index (χ3n) is 4.99. The molecule has 1 fully saturated rings. The van der Waals surface area contributed by atoms with Crippen molar-refractivity contribution in [3.05, 3.63) is 59.7 Å². The Kier molecular flexibility index (Phi) is 10.3. The molecule has 1 aliphatic heterocycles. The zero-order valence-electron chi connectivity index (χ0n) is 17.1. The summed E-state index contributed by atoms with van der Waals surface area (Å²) in [6.07, 6.45) is 0. The molecule has 2 aromatic rings. The third-order valence-corrected chi connectivity index (χ3v) is 8.82. The number of nitrogens with zero attached hydrogens (tertiary/aromatic N) is 2. The van der Waals surface area contributed by atoms with E-state index in [9.17, 15) is 16.8 Å². The molecule has 0 amide bonds. The third kappa shape index (κ3) is 6.59. The fourth-order valence-corrected chi connectivity index (χ4v) is 6.04. The van der Waals surface area contributed by atoms with Crippen molar-refractivity contribution in [2.24, 2.45) is 0 Å². The summed E-state index contributed by atoms with van der Waals surface area (Å²) in [7, 11) is -7.40. The number of rotatable bonds is 4. The summed E-state index contributed by atoms with van der Waals surface area (Å²) in [5.74, 6) is 0. The van der Waals surface area contributed by atoms with Crippen molar-refractivity contribution >= 4 is 37.0 Å². The summed E-state index contributed by atoms with van der Waals surface area (Å²) >= 11 is 0. The Hall–Kier alpha value is -1.30. The average molecular weight is 535 g/mol. The van der Waals surface area contributed by atoms with Crippen LogP contribution < -0.4 is 5.32 Å². The molecule has 1 N–H and O–H groups in total. The molecule has 10 heteroatoms. The van der Waals surface area contributed by atoms with E-state index in [1.807, 2.05) is 13.8 Å². The van der Waals surface area contributed by atoms with Crippen molar-refractivity contribution in [2.45, 2.75) is 31.1 Å². The Balaban J connectivity index is 0.00000240. The Morgan fingerprint density at radius 3 is 1.29 bits per heavy atom. The Morgan fingerprint density at radius 2 is 0.968 bits per heavy atom. The summed E-state index contributed by atoms with van der Waals surface area (Å²) in [5.41, 5.74) is 1.95. The molecule has 174 valence electrons. The maximum Gasteiger partial charge on any atom is 0.243 e. The molecule has 1 heterocycles. The van der Waals surface area contributed by atoms with Crippen molar-refractivity contribution < 1.29 is 16.8 Å². The predicted molar refractivity (Wildman–Crippen MR) is 130 cm³/mol. The van der Waals surface area contributed by atoms with Gasteiger partial charge < -0.3 is 5.32 Å². The standard InChI is InChI=1S/C20H27N3O4S2.CH4.BrH/c1-17-3-7-19(8-4-17)28(24,25)22-13-11-21-12-14-23(16-15-22)29(26,27)20-9-5-18(2)6-10-20;;/h3-10,21H,11-16H2,1-2H3;1H4;1H. The molecule has 0 aromatic heterocycles. The normalized spacial score (nSPS) is 16.8. The van der Waals surface area contributed by atoms with E-state index in [2.05, 4.69) is 5.32 Å². The molecule has 31 heavy (non-hydrogen) atoms. The van der Waals surface area contributed by atoms with E-state index >= 15 is 0 Å². The van der Waals surface area contributed by atoms with Crippen molar-refractivity contribution in [3.63, 3.8) is 0 Å². The summed E-state index contributed by atoms with van der Waals surface area (Å²) in [5, 5.41) is 3.14. The van der Waals surface area contributed by atoms with Gasteiger partial charge in [0.2, 0.25) is 20.0 Å². The van der Waals surface area contributed by atoms with E-state index in [4.69, 9.17) is 0 Å². The highest BCUT2D eigenvalue weighted by Crippen LogP contribution is 2.19. The van der Waals surface area contributed by atoms with Crippen LogP contribution in [0, 0.1) is 13.8 Å². The van der Waals surface area contributed by atoms with Crippen LogP contribution in [0.3, 0.4) is 0 Å². The van der Waals surface area contributed by atoms with Crippen LogP contribution in [-0.4, -0.2) is 64.7 Å². The van der Waals surface area contributed by atoms with Gasteiger partial charge in [-0.1, -0.05) is 42.8 Å². The highest BCUT2D eigenvalue weighted by atomic mass is 79.9. The van der Waals surface area contributed by atoms with Gasteiger partial charge in [-0.15, -0.1) is 17.0 Å². The quantitative estimate of drug-likeness (QED) is 0.652. The van der Waals surface area contributed by atoms with E-state index in [-0.39, 0.29) is 60.4 Å². The van der Waals surface area contributed by atoms with Crippen LogP contribution in [0.25, 0.3) is 0 Å². The number of halogens is 1. The largest absolute Gasteiger partial charge is 0.314 e. The first kappa shape index (κ1) is 27.7. The van der Waals surface area contributed by atoms with Crippen molar-refractivity contribution in [2.75, 3.05) is 39.3 Å². The van der Waals surface area contributed by atoms with E-state index in [0.29, 0.717) is 13.1 Å². The van der Waals surface area contributed by atoms with Crippen molar-refractivity contribution in [3.8, 4) is 0 Å². The van der Waals surface area contributed by atoms with Crippen molar-refractivity contribution in [1.82, 2.24) is 13.9 Å². The number of benzene rings is 2. The molecule has 0 atom stereocenters. The minimum Gasteiger partial charge on any atom is -0.314 e. The van der Waals surface area contributed by atoms with Crippen LogP contribution in [-0.2, 0) is 20.0 Å². The Bertz CT molecular complexity index is 956. The van der Waals surface area contributed by atoms with Gasteiger partial charge in [-0.25, -0.2) is 16.8 Å². The second kappa shape index (κ2) is 11.5. The molecular formula is C21H32BrN3O4S2. The highest BCUT2D eigenvalue weighted by Gasteiger charge is 2.29. The first-order chi connectivity index (χ1) is 13.7. The van der Waals surface area contributed by atoms with Crippen LogP contribution in [0.1, 0.15) is 18.6 Å². The van der Waals surface area contributed by atoms with E-state index < -0.39 is 20.0 Å². The van der Waals surface area contributed by atoms with Gasteiger partial charge in [0.15, 0.2) is 0 Å². The molecule has 0 radical (unpaired) electrons. The van der Waals surface area contributed by atoms with E-state index in [0.717, 1.165) is 11.1 Å². The van der Waals surface area contributed by atoms with E-state index in [1.165, 1.54) is 8.61 Å². The zero-order chi connectivity index (χ0) is 21.1. The molecule has 0 spiro atoms. The Morgan fingerprint density at radius 1 is 0.645 bits per heavy atom. The number of nitrogens with one attached hydrogen (secondary N) is 1. The maximum absolute atomic E-state index is 13.1. The second-order valence-electron chi connectivity index (χ2n) is 7.18. The molecule has 1 saturated heterocycles. The van der Waals surface area contributed by atoms with Gasteiger partial charge in [-0.3, -0.25) is 0 Å². The SMILES string of the molecule is Br.C.Cc1ccc(S(=O)(=O)N2CCNCCN(S(=O)(=O)c3ccc(C)cc3)CC2)cc1. The first-order valence-corrected chi connectivity index (χ1v) is 12.4. The minimum atomic E-state index is -3.70. The molecule has 2 aromatic carbocycles. The lowest BCUT2D eigenvalue weighted by atomic mass is 10.2. The topological polar surface area (TPSA) is 86.8 Å². The molecule has 0 unspecified atom stereocenters. The van der Waals surface area contributed by atoms with Crippen LogP contribution in [0.4, 0.5) is 0 Å². The summed E-state index contributed by atoms with van der Waals surface area (Å²) < 4.78 is 55.0. The molecule has 0 saturated carbocycles. The lowest BCUT2D eigenvalue weighted by Crippen LogP contribution is -2.41. The zero-order valence-corrected chi connectivity index (χ0v) is 20.5. The molecule has 7 nitrogen and oxygen atoms in total. The second-order valence-corrected chi connectivity index (χ2v) is 11.1. The van der Waals surface area contributed by atoms with Gasteiger partial charge >= 0.3 is 0 Å². The van der Waals surface area contributed by atoms with Gasteiger partial charge in [-0.2, -0.15) is 8.61 Å². The average Bonchev–Trinajstić information content (AvgIpc) is 2.81. The number of hydrogen-bond acceptors (Lipinski definition) is 5. The molecule has 0 bridgehead atoms. The summed E-state index contributed by atoms with van der Waals surface area (Å²) in [6, 6.07) is 13.4. The van der Waals surface area contributed by atoms with Crippen LogP contribution >= 0.6 is 17.0 Å². The lowest BCUT2D eigenvalue weighted by Gasteiger charge is -2.25. The predicted octanol–water partition coefficient (Wildman–Crippen LogP) is 2.80. The number of sulfonamides is 2. The maximum atomic E-state index is 13.1. The fraction of sp³-hybridized carbons (Fsp3) is 0.429. The van der Waals surface area contributed by atoms with Gasteiger partial charge in [0, 0.05) is 39.3 Å². The van der Waals surface area contributed by atoms with E-state index in [1.54, 1.807) is 48.5 Å². The smallest absolute Gasteiger partial charge is 0.243 e. The van der Waals surface area contributed by atoms with Gasteiger partial charge in [0.05, 0.1) is 9.79 Å². The van der Waals surface area contributed by atoms with Gasteiger partial charge in [0.1, 0.15) is 0 Å². The Labute approximate surface area is 197 Å². The number of aryl methyl sites for hydroxylation is 2. The molecule has 3 rings (SSSR count). The molecule has 1 aliphatic rings. The molecular weight excluding hydrogens is 502 g/mol. The highest BCUT2D eigenvalue weighted by molar-refractivity contribution is 8.93. The minimum absolute atomic E-state index is 0. The number of hydrogen-bond donors (Lipinski definition) is 1. The van der Waals surface area contributed by atoms with Gasteiger partial charge in [0.25, 0.3) is 0 Å². The molecule has 0 aliphatic carbocycles. The summed E-state index contributed by atoms with van der Waals surface area (Å²) in [4.78, 5) is 0.436. The van der Waals surface area contributed by atoms with Crippen LogP contribution in [0.15, 0.2) is 58.3 Å². The fourth-order valence-electron chi connectivity index (χ4n) is 3.18. The van der Waals surface area contributed by atoms with Crippen LogP contribution in [0.2, 0.25) is 0 Å². The van der Waals surface area contributed by atoms with Gasteiger partial charge in [-0.05, 0) is 38.1 Å². The summed E-state index contributed by atoms with van der Waals surface area (Å²) in [6.45, 7) is 5.49. The lowest BCUT2D eigenvalue weighted by molar-refractivity contribution is 0.365. The monoisotopic (exact) mass is 533 g/mol.